The molecule has 10 nitrogen and oxygen atoms in total. The number of aromatic nitrogens is 4. The Hall–Kier alpha value is -2.79. The molecule has 1 amide bonds. The fraction of sp³-hybridized carbons (Fsp3) is 0.333. The summed E-state index contributed by atoms with van der Waals surface area (Å²) in [7, 11) is -2.24. The number of rotatable bonds is 4. The molecule has 0 aliphatic carbocycles. The van der Waals surface area contributed by atoms with Crippen LogP contribution < -0.4 is 9.62 Å². The SMILES string of the molecule is Cn1nccc1N1CCC[C@@H](NS(=O)(=O)c2cccc3nonc23)C1=O. The molecule has 0 unspecified atom stereocenters. The quantitative estimate of drug-likeness (QED) is 0.700. The van der Waals surface area contributed by atoms with E-state index in [1.807, 2.05) is 0 Å². The first-order valence-electron chi connectivity index (χ1n) is 8.00. The molecule has 11 heteroatoms. The molecule has 2 aromatic heterocycles. The van der Waals surface area contributed by atoms with Crippen LogP contribution in [-0.2, 0) is 21.9 Å². The molecule has 3 heterocycles. The highest BCUT2D eigenvalue weighted by Gasteiger charge is 2.35. The third kappa shape index (κ3) is 2.74. The molecular formula is C15H16N6O4S. The second-order valence-corrected chi connectivity index (χ2v) is 7.69. The van der Waals surface area contributed by atoms with Crippen LogP contribution in [0.25, 0.3) is 11.0 Å². The smallest absolute Gasteiger partial charge is 0.246 e. The predicted molar refractivity (Wildman–Crippen MR) is 90.7 cm³/mol. The van der Waals surface area contributed by atoms with Gasteiger partial charge in [-0.1, -0.05) is 6.07 Å². The molecule has 1 atom stereocenters. The van der Waals surface area contributed by atoms with Gasteiger partial charge in [0.25, 0.3) is 0 Å². The lowest BCUT2D eigenvalue weighted by Crippen LogP contribution is -2.52. The lowest BCUT2D eigenvalue weighted by Gasteiger charge is -2.32. The third-order valence-corrected chi connectivity index (χ3v) is 5.85. The largest absolute Gasteiger partial charge is 0.296 e. The summed E-state index contributed by atoms with van der Waals surface area (Å²) in [6.07, 6.45) is 2.67. The van der Waals surface area contributed by atoms with Crippen LogP contribution in [0.4, 0.5) is 5.82 Å². The summed E-state index contributed by atoms with van der Waals surface area (Å²) in [6, 6.07) is 5.41. The molecule has 0 bridgehead atoms. The average Bonchev–Trinajstić information content (AvgIpc) is 3.25. The van der Waals surface area contributed by atoms with E-state index >= 15 is 0 Å². The van der Waals surface area contributed by atoms with Gasteiger partial charge in [-0.3, -0.25) is 14.4 Å². The molecule has 0 radical (unpaired) electrons. The molecule has 1 N–H and O–H groups in total. The second kappa shape index (κ2) is 6.18. The Morgan fingerprint density at radius 3 is 2.88 bits per heavy atom. The van der Waals surface area contributed by atoms with Gasteiger partial charge in [-0.25, -0.2) is 13.0 Å². The van der Waals surface area contributed by atoms with Crippen LogP contribution in [0, 0.1) is 0 Å². The van der Waals surface area contributed by atoms with Gasteiger partial charge in [-0.2, -0.15) is 9.82 Å². The Balaban J connectivity index is 1.63. The first-order chi connectivity index (χ1) is 12.5. The maximum absolute atomic E-state index is 12.8. The highest BCUT2D eigenvalue weighted by molar-refractivity contribution is 7.89. The monoisotopic (exact) mass is 376 g/mol. The molecule has 1 aliphatic heterocycles. The number of nitrogens with one attached hydrogen (secondary N) is 1. The van der Waals surface area contributed by atoms with Crippen LogP contribution in [0.2, 0.25) is 0 Å². The van der Waals surface area contributed by atoms with Crippen molar-refractivity contribution >= 4 is 32.8 Å². The topological polar surface area (TPSA) is 123 Å². The van der Waals surface area contributed by atoms with Gasteiger partial charge in [0, 0.05) is 19.7 Å². The predicted octanol–water partition coefficient (Wildman–Crippen LogP) is 0.430. The van der Waals surface area contributed by atoms with Crippen molar-refractivity contribution in [2.24, 2.45) is 7.05 Å². The Kier molecular flexibility index (Phi) is 3.96. The first kappa shape index (κ1) is 16.7. The van der Waals surface area contributed by atoms with E-state index in [0.717, 1.165) is 0 Å². The summed E-state index contributed by atoms with van der Waals surface area (Å²) < 4.78 is 34.3. The average molecular weight is 376 g/mol. The number of carbonyl (C=O) groups excluding carboxylic acids is 1. The van der Waals surface area contributed by atoms with Crippen molar-refractivity contribution < 1.29 is 17.8 Å². The van der Waals surface area contributed by atoms with E-state index < -0.39 is 16.1 Å². The van der Waals surface area contributed by atoms with Gasteiger partial charge in [-0.05, 0) is 35.3 Å². The van der Waals surface area contributed by atoms with Crippen LogP contribution in [-0.4, -0.2) is 47.0 Å². The van der Waals surface area contributed by atoms with Crippen LogP contribution >= 0.6 is 0 Å². The lowest BCUT2D eigenvalue weighted by molar-refractivity contribution is -0.121. The number of hydrogen-bond acceptors (Lipinski definition) is 7. The normalized spacial score (nSPS) is 18.6. The van der Waals surface area contributed by atoms with E-state index in [1.54, 1.807) is 41.0 Å². The maximum atomic E-state index is 12.8. The van der Waals surface area contributed by atoms with E-state index in [1.165, 1.54) is 6.07 Å². The number of piperidine rings is 1. The Labute approximate surface area is 148 Å². The summed E-state index contributed by atoms with van der Waals surface area (Å²) in [6.45, 7) is 0.513. The van der Waals surface area contributed by atoms with E-state index in [2.05, 4.69) is 24.8 Å². The molecular weight excluding hydrogens is 360 g/mol. The third-order valence-electron chi connectivity index (χ3n) is 4.35. The lowest BCUT2D eigenvalue weighted by atomic mass is 10.1. The van der Waals surface area contributed by atoms with Crippen molar-refractivity contribution in [3.05, 3.63) is 30.5 Å². The zero-order valence-corrected chi connectivity index (χ0v) is 14.7. The molecule has 0 saturated carbocycles. The van der Waals surface area contributed by atoms with Gasteiger partial charge in [0.15, 0.2) is 5.52 Å². The number of fused-ring (bicyclic) bond motifs is 1. The van der Waals surface area contributed by atoms with Crippen molar-refractivity contribution in [1.82, 2.24) is 24.8 Å². The van der Waals surface area contributed by atoms with Crippen LogP contribution in [0.1, 0.15) is 12.8 Å². The van der Waals surface area contributed by atoms with Gasteiger partial charge in [0.05, 0.1) is 6.20 Å². The molecule has 1 aliphatic rings. The molecule has 1 fully saturated rings. The van der Waals surface area contributed by atoms with Gasteiger partial charge in [0.1, 0.15) is 22.3 Å². The highest BCUT2D eigenvalue weighted by Crippen LogP contribution is 2.23. The zero-order chi connectivity index (χ0) is 18.3. The van der Waals surface area contributed by atoms with Crippen LogP contribution in [0.15, 0.2) is 40.0 Å². The van der Waals surface area contributed by atoms with Crippen molar-refractivity contribution in [2.45, 2.75) is 23.8 Å². The van der Waals surface area contributed by atoms with E-state index in [0.29, 0.717) is 30.7 Å². The second-order valence-electron chi connectivity index (χ2n) is 6.01. The molecule has 26 heavy (non-hydrogen) atoms. The highest BCUT2D eigenvalue weighted by atomic mass is 32.2. The van der Waals surface area contributed by atoms with E-state index in [4.69, 9.17) is 0 Å². The summed E-state index contributed by atoms with van der Waals surface area (Å²) in [4.78, 5) is 14.3. The van der Waals surface area contributed by atoms with Gasteiger partial charge in [-0.15, -0.1) is 0 Å². The summed E-state index contributed by atoms with van der Waals surface area (Å²) in [5.41, 5.74) is 0.464. The Morgan fingerprint density at radius 2 is 2.12 bits per heavy atom. The van der Waals surface area contributed by atoms with Crippen molar-refractivity contribution in [3.8, 4) is 0 Å². The van der Waals surface area contributed by atoms with E-state index in [-0.39, 0.29) is 16.3 Å². The van der Waals surface area contributed by atoms with E-state index in [9.17, 15) is 13.2 Å². The number of hydrogen-bond donors (Lipinski definition) is 1. The minimum atomic E-state index is -3.97. The zero-order valence-electron chi connectivity index (χ0n) is 13.9. The van der Waals surface area contributed by atoms with Gasteiger partial charge in [0.2, 0.25) is 15.9 Å². The van der Waals surface area contributed by atoms with Crippen LogP contribution in [0.3, 0.4) is 0 Å². The minimum Gasteiger partial charge on any atom is -0.296 e. The Morgan fingerprint density at radius 1 is 1.27 bits per heavy atom. The van der Waals surface area contributed by atoms with Crippen molar-refractivity contribution in [1.29, 1.82) is 0 Å². The molecule has 4 rings (SSSR count). The standard InChI is InChI=1S/C15H16N6O4S/c1-20-13(7-8-16-20)21-9-3-5-11(15(21)22)19-26(23,24)12-6-2-4-10-14(12)18-25-17-10/h2,4,6-8,11,19H,3,5,9H2,1H3/t11-/m1/s1. The fourth-order valence-electron chi connectivity index (χ4n) is 3.09. The first-order valence-corrected chi connectivity index (χ1v) is 9.49. The number of sulfonamides is 1. The number of nitrogens with zero attached hydrogens (tertiary/aromatic N) is 5. The number of anilines is 1. The summed E-state index contributed by atoms with van der Waals surface area (Å²) in [5, 5.41) is 11.4. The number of amides is 1. The summed E-state index contributed by atoms with van der Waals surface area (Å²) in [5.74, 6) is 0.315. The Bertz CT molecular complexity index is 1070. The molecule has 3 aromatic rings. The van der Waals surface area contributed by atoms with Crippen LogP contribution in [0.5, 0.6) is 0 Å². The van der Waals surface area contributed by atoms with Crippen molar-refractivity contribution in [2.75, 3.05) is 11.4 Å². The molecule has 1 aromatic carbocycles. The number of carbonyl (C=O) groups is 1. The van der Waals surface area contributed by atoms with Gasteiger partial charge < -0.3 is 0 Å². The summed E-state index contributed by atoms with van der Waals surface area (Å²) >= 11 is 0. The number of benzene rings is 1. The maximum Gasteiger partial charge on any atom is 0.246 e. The number of aryl methyl sites for hydroxylation is 1. The molecule has 0 spiro atoms. The fourth-order valence-corrected chi connectivity index (χ4v) is 4.47. The van der Waals surface area contributed by atoms with Crippen molar-refractivity contribution in [3.63, 3.8) is 0 Å². The van der Waals surface area contributed by atoms with Gasteiger partial charge >= 0.3 is 0 Å². The molecule has 136 valence electrons. The molecule has 1 saturated heterocycles. The minimum absolute atomic E-state index is 0.0679.